The highest BCUT2D eigenvalue weighted by Gasteiger charge is 2.65. The Kier molecular flexibility index (Phi) is 10.1. The number of amides is 1. The van der Waals surface area contributed by atoms with Gasteiger partial charge >= 0.3 is 0 Å². The number of nitrogens with zero attached hydrogens (tertiary/aromatic N) is 1. The first kappa shape index (κ1) is 33.4. The number of fused-ring (bicyclic) bond motifs is 5. The van der Waals surface area contributed by atoms with E-state index in [4.69, 9.17) is 0 Å². The van der Waals surface area contributed by atoms with E-state index in [-0.39, 0.29) is 41.0 Å². The summed E-state index contributed by atoms with van der Waals surface area (Å²) in [5.74, 6) is 2.15. The van der Waals surface area contributed by atoms with E-state index in [0.29, 0.717) is 36.0 Å². The van der Waals surface area contributed by atoms with Crippen molar-refractivity contribution in [3.05, 3.63) is 35.9 Å². The molecule has 1 aromatic carbocycles. The maximum absolute atomic E-state index is 13.1. The van der Waals surface area contributed by atoms with Crippen LogP contribution >= 0.6 is 0 Å². The maximum Gasteiger partial charge on any atom is 0.220 e. The molecule has 6 rings (SSSR count). The van der Waals surface area contributed by atoms with E-state index < -0.39 is 0 Å². The number of hydrogen-bond donors (Lipinski definition) is 4. The molecule has 5 aliphatic rings. The molecular formula is C39H63N2O4+. The molecule has 0 unspecified atom stereocenters. The number of carbonyl (C=O) groups is 1. The van der Waals surface area contributed by atoms with Crippen LogP contribution in [-0.4, -0.2) is 76.7 Å². The smallest absolute Gasteiger partial charge is 0.220 e. The highest BCUT2D eigenvalue weighted by molar-refractivity contribution is 5.75. The monoisotopic (exact) mass is 623 g/mol. The molecule has 45 heavy (non-hydrogen) atoms. The highest BCUT2D eigenvalue weighted by Crippen LogP contribution is 2.68. The summed E-state index contributed by atoms with van der Waals surface area (Å²) in [5.41, 5.74) is 1.31. The van der Waals surface area contributed by atoms with E-state index in [2.05, 4.69) is 56.4 Å². The van der Waals surface area contributed by atoms with Gasteiger partial charge in [0.05, 0.1) is 51.0 Å². The second kappa shape index (κ2) is 13.6. The Balaban J connectivity index is 0.999. The number of likely N-dealkylation sites (tertiary alicyclic amines) is 1. The number of aliphatic hydroxyl groups excluding tert-OH is 3. The van der Waals surface area contributed by atoms with Crippen molar-refractivity contribution < 1.29 is 24.6 Å². The second-order valence-corrected chi connectivity index (χ2v) is 16.9. The fourth-order valence-electron chi connectivity index (χ4n) is 12.0. The molecule has 1 saturated heterocycles. The van der Waals surface area contributed by atoms with Gasteiger partial charge in [-0.2, -0.15) is 0 Å². The average Bonchev–Trinajstić information content (AvgIpc) is 3.63. The molecule has 4 N–H and O–H groups in total. The van der Waals surface area contributed by atoms with Crippen molar-refractivity contribution in [3.8, 4) is 0 Å². The summed E-state index contributed by atoms with van der Waals surface area (Å²) in [4.78, 5) is 13.1. The summed E-state index contributed by atoms with van der Waals surface area (Å²) in [5, 5.41) is 37.1. The molecule has 6 nitrogen and oxygen atoms in total. The second-order valence-electron chi connectivity index (χ2n) is 16.9. The van der Waals surface area contributed by atoms with Gasteiger partial charge in [0.25, 0.3) is 0 Å². The van der Waals surface area contributed by atoms with Crippen LogP contribution in [0.1, 0.15) is 103 Å². The van der Waals surface area contributed by atoms with E-state index in [0.717, 1.165) is 75.4 Å². The van der Waals surface area contributed by atoms with Gasteiger partial charge in [-0.05, 0) is 110 Å². The summed E-state index contributed by atoms with van der Waals surface area (Å²) >= 11 is 0. The van der Waals surface area contributed by atoms with Crippen LogP contribution in [0, 0.1) is 46.3 Å². The van der Waals surface area contributed by atoms with Crippen LogP contribution in [0.15, 0.2) is 30.3 Å². The van der Waals surface area contributed by atoms with Gasteiger partial charge in [-0.1, -0.05) is 51.1 Å². The Morgan fingerprint density at radius 1 is 0.978 bits per heavy atom. The SMILES string of the molecule is C[C@H](CCC(=O)NCC[N+]1(CCCc2ccccc2)CCCC1)[C@H]1CC[C@H]2[C@@H]3[C@H](O)C[C@@H]4C[C@H](O)CC[C@]4(C)[C@H]3C[C@H](O)[C@]12C. The molecule has 0 radical (unpaired) electrons. The van der Waals surface area contributed by atoms with Crippen molar-refractivity contribution in [1.82, 2.24) is 5.32 Å². The fraction of sp³-hybridized carbons (Fsp3) is 0.821. The molecule has 0 spiro atoms. The van der Waals surface area contributed by atoms with Gasteiger partial charge in [0.1, 0.15) is 0 Å². The van der Waals surface area contributed by atoms with Gasteiger partial charge in [-0.15, -0.1) is 0 Å². The van der Waals surface area contributed by atoms with Crippen LogP contribution in [0.5, 0.6) is 0 Å². The number of aliphatic hydroxyl groups is 3. The van der Waals surface area contributed by atoms with E-state index >= 15 is 0 Å². The number of nitrogens with one attached hydrogen (secondary N) is 1. The predicted octanol–water partition coefficient (Wildman–Crippen LogP) is 5.72. The van der Waals surface area contributed by atoms with Gasteiger partial charge < -0.3 is 25.1 Å². The van der Waals surface area contributed by atoms with Gasteiger partial charge in [-0.25, -0.2) is 0 Å². The molecule has 0 aromatic heterocycles. The molecule has 0 bridgehead atoms. The Labute approximate surface area is 273 Å². The third-order valence-corrected chi connectivity index (χ3v) is 14.7. The molecule has 11 atom stereocenters. The molecule has 6 heteroatoms. The normalized spacial score (nSPS) is 41.1. The first-order chi connectivity index (χ1) is 21.6. The molecular weight excluding hydrogens is 560 g/mol. The summed E-state index contributed by atoms with van der Waals surface area (Å²) in [6.45, 7) is 12.5. The molecule has 1 aliphatic heterocycles. The lowest BCUT2D eigenvalue weighted by molar-refractivity contribution is -0.915. The Bertz CT molecular complexity index is 1140. The molecule has 1 aromatic rings. The van der Waals surface area contributed by atoms with Crippen LogP contribution in [-0.2, 0) is 11.2 Å². The quantitative estimate of drug-likeness (QED) is 0.237. The lowest BCUT2D eigenvalue weighted by atomic mass is 9.43. The summed E-state index contributed by atoms with van der Waals surface area (Å²) in [6, 6.07) is 10.8. The van der Waals surface area contributed by atoms with E-state index in [9.17, 15) is 20.1 Å². The van der Waals surface area contributed by atoms with Gasteiger partial charge in [-0.3, -0.25) is 4.79 Å². The van der Waals surface area contributed by atoms with E-state index in [1.54, 1.807) is 0 Å². The molecule has 1 amide bonds. The van der Waals surface area contributed by atoms with Gasteiger partial charge in [0.15, 0.2) is 0 Å². The van der Waals surface area contributed by atoms with Gasteiger partial charge in [0, 0.05) is 25.7 Å². The van der Waals surface area contributed by atoms with Crippen molar-refractivity contribution in [1.29, 1.82) is 0 Å². The predicted molar refractivity (Wildman–Crippen MR) is 179 cm³/mol. The van der Waals surface area contributed by atoms with Crippen molar-refractivity contribution in [3.63, 3.8) is 0 Å². The zero-order valence-corrected chi connectivity index (χ0v) is 28.5. The number of hydrogen-bond acceptors (Lipinski definition) is 4. The number of carbonyl (C=O) groups excluding carboxylic acids is 1. The van der Waals surface area contributed by atoms with E-state index in [1.807, 2.05) is 0 Å². The number of aryl methyl sites for hydroxylation is 1. The maximum atomic E-state index is 13.1. The van der Waals surface area contributed by atoms with Crippen LogP contribution in [0.3, 0.4) is 0 Å². The standard InChI is InChI=1S/C39H62N2O4/c1-27(13-16-36(45)40-19-23-41(20-7-8-21-41)22-9-12-28-10-5-4-6-11-28)31-14-15-32-37-33(26-35(44)39(31,32)3)38(2)18-17-30(42)24-29(38)25-34(37)43/h4-6,10-11,27,29-35,37,42-44H,7-9,12-26H2,1-3H3/p+1/t27-,29+,30-,31-,32+,33+,34-,35+,37+,38+,39-/m1/s1. The van der Waals surface area contributed by atoms with Crippen molar-refractivity contribution in [2.45, 2.75) is 123 Å². The minimum absolute atomic E-state index is 0.102. The molecule has 5 fully saturated rings. The summed E-state index contributed by atoms with van der Waals surface area (Å²) in [7, 11) is 0. The number of quaternary nitrogens is 1. The van der Waals surface area contributed by atoms with Crippen LogP contribution in [0.4, 0.5) is 0 Å². The average molecular weight is 624 g/mol. The minimum atomic E-state index is -0.371. The first-order valence-electron chi connectivity index (χ1n) is 18.8. The van der Waals surface area contributed by atoms with E-state index in [1.165, 1.54) is 44.5 Å². The number of benzene rings is 1. The summed E-state index contributed by atoms with van der Waals surface area (Å²) < 4.78 is 1.15. The van der Waals surface area contributed by atoms with Crippen molar-refractivity contribution in [2.75, 3.05) is 32.7 Å². The van der Waals surface area contributed by atoms with Crippen molar-refractivity contribution in [2.24, 2.45) is 46.3 Å². The lowest BCUT2D eigenvalue weighted by Crippen LogP contribution is -2.62. The van der Waals surface area contributed by atoms with Crippen LogP contribution in [0.2, 0.25) is 0 Å². The minimum Gasteiger partial charge on any atom is -0.393 e. The van der Waals surface area contributed by atoms with Crippen molar-refractivity contribution >= 4 is 5.91 Å². The third kappa shape index (κ3) is 6.52. The third-order valence-electron chi connectivity index (χ3n) is 14.7. The zero-order chi connectivity index (χ0) is 31.8. The van der Waals surface area contributed by atoms with Gasteiger partial charge in [0.2, 0.25) is 5.91 Å². The Hall–Kier alpha value is -1.47. The molecule has 252 valence electrons. The Morgan fingerprint density at radius 3 is 2.49 bits per heavy atom. The molecule has 4 saturated carbocycles. The number of rotatable bonds is 11. The fourth-order valence-corrected chi connectivity index (χ4v) is 12.0. The lowest BCUT2D eigenvalue weighted by Gasteiger charge is -2.63. The first-order valence-corrected chi connectivity index (χ1v) is 18.8. The topological polar surface area (TPSA) is 89.8 Å². The Morgan fingerprint density at radius 2 is 1.73 bits per heavy atom. The van der Waals surface area contributed by atoms with Crippen LogP contribution in [0.25, 0.3) is 0 Å². The zero-order valence-electron chi connectivity index (χ0n) is 28.5. The largest absolute Gasteiger partial charge is 0.393 e. The highest BCUT2D eigenvalue weighted by atomic mass is 16.3. The van der Waals surface area contributed by atoms with Crippen LogP contribution < -0.4 is 5.32 Å². The molecule has 4 aliphatic carbocycles. The molecule has 1 heterocycles. The summed E-state index contributed by atoms with van der Waals surface area (Å²) in [6.07, 6.45) is 11.8.